The smallest absolute Gasteiger partial charge is 0.333 e. The third-order valence-corrected chi connectivity index (χ3v) is 3.25. The van der Waals surface area contributed by atoms with Gasteiger partial charge in [0.1, 0.15) is 0 Å². The maximum atomic E-state index is 11.0. The third kappa shape index (κ3) is 7.86. The number of ether oxygens (including phenoxy) is 1. The molecule has 17 heavy (non-hydrogen) atoms. The molecule has 0 aliphatic rings. The molecule has 8 heteroatoms. The first-order valence-corrected chi connectivity index (χ1v) is 6.28. The van der Waals surface area contributed by atoms with Crippen LogP contribution in [0.2, 0.25) is 0 Å². The summed E-state index contributed by atoms with van der Waals surface area (Å²) in [4.78, 5) is 11.0. The van der Waals surface area contributed by atoms with Crippen molar-refractivity contribution in [3.63, 3.8) is 0 Å². The van der Waals surface area contributed by atoms with E-state index < -0.39 is 21.3 Å². The van der Waals surface area contributed by atoms with Gasteiger partial charge in [-0.1, -0.05) is 6.58 Å². The van der Waals surface area contributed by atoms with Gasteiger partial charge in [-0.15, -0.1) is 0 Å². The summed E-state index contributed by atoms with van der Waals surface area (Å²) in [5.41, 5.74) is 5.45. The minimum atomic E-state index is -4.14. The molecule has 102 valence electrons. The molecule has 0 saturated carbocycles. The van der Waals surface area contributed by atoms with E-state index in [0.717, 1.165) is 0 Å². The lowest BCUT2D eigenvalue weighted by atomic mass is 10.2. The fourth-order valence-corrected chi connectivity index (χ4v) is 1.86. The van der Waals surface area contributed by atoms with E-state index in [1.54, 1.807) is 0 Å². The second-order valence-corrected chi connectivity index (χ2v) is 5.12. The van der Waals surface area contributed by atoms with Crippen LogP contribution in [0.1, 0.15) is 19.8 Å². The molecule has 0 rings (SSSR count). The van der Waals surface area contributed by atoms with E-state index in [1.807, 2.05) is 0 Å². The Morgan fingerprint density at radius 2 is 2.00 bits per heavy atom. The van der Waals surface area contributed by atoms with Crippen LogP contribution in [-0.4, -0.2) is 42.8 Å². The normalized spacial score (nSPS) is 12.4. The zero-order valence-electron chi connectivity index (χ0n) is 9.68. The van der Waals surface area contributed by atoms with Crippen LogP contribution in [0, 0.1) is 0 Å². The highest BCUT2D eigenvalue weighted by atomic mass is 32.2. The van der Waals surface area contributed by atoms with E-state index in [1.165, 1.54) is 6.92 Å². The SMILES string of the molecule is C=C(C)C(=O)OCCC(CCN)S(=O)(=O)O.O. The number of rotatable bonds is 7. The van der Waals surface area contributed by atoms with Gasteiger partial charge in [-0.25, -0.2) is 4.79 Å². The monoisotopic (exact) mass is 269 g/mol. The summed E-state index contributed by atoms with van der Waals surface area (Å²) in [5.74, 6) is -0.582. The second kappa shape index (κ2) is 8.18. The van der Waals surface area contributed by atoms with Crippen LogP contribution in [0.3, 0.4) is 0 Å². The van der Waals surface area contributed by atoms with Gasteiger partial charge in [0.15, 0.2) is 0 Å². The Bertz CT molecular complexity index is 350. The average Bonchev–Trinajstić information content (AvgIpc) is 2.14. The molecule has 0 aromatic rings. The summed E-state index contributed by atoms with van der Waals surface area (Å²) < 4.78 is 35.3. The first-order valence-electron chi connectivity index (χ1n) is 4.78. The van der Waals surface area contributed by atoms with Gasteiger partial charge in [-0.2, -0.15) is 8.42 Å². The van der Waals surface area contributed by atoms with Crippen molar-refractivity contribution in [2.24, 2.45) is 5.73 Å². The molecule has 0 radical (unpaired) electrons. The molecule has 0 aliphatic heterocycles. The van der Waals surface area contributed by atoms with E-state index in [-0.39, 0.29) is 37.0 Å². The third-order valence-electron chi connectivity index (χ3n) is 1.93. The molecule has 0 amide bonds. The highest BCUT2D eigenvalue weighted by Gasteiger charge is 2.22. The van der Waals surface area contributed by atoms with Crippen molar-refractivity contribution in [2.45, 2.75) is 25.0 Å². The van der Waals surface area contributed by atoms with Crippen LogP contribution >= 0.6 is 0 Å². The summed E-state index contributed by atoms with van der Waals surface area (Å²) in [5, 5.41) is -0.990. The number of hydrogen-bond donors (Lipinski definition) is 2. The van der Waals surface area contributed by atoms with Crippen molar-refractivity contribution in [3.05, 3.63) is 12.2 Å². The van der Waals surface area contributed by atoms with Gasteiger partial charge in [0.2, 0.25) is 0 Å². The van der Waals surface area contributed by atoms with Crippen LogP contribution < -0.4 is 5.73 Å². The number of nitrogens with two attached hydrogens (primary N) is 1. The van der Waals surface area contributed by atoms with E-state index in [2.05, 4.69) is 6.58 Å². The molecule has 0 heterocycles. The molecule has 1 atom stereocenters. The summed E-state index contributed by atoms with van der Waals surface area (Å²) >= 11 is 0. The Labute approximate surface area is 101 Å². The standard InChI is InChI=1S/C9H17NO5S.H2O/c1-7(2)9(11)15-6-4-8(3-5-10)16(12,13)14;/h8H,1,3-6,10H2,2H3,(H,12,13,14);1H2. The fraction of sp³-hybridized carbons (Fsp3) is 0.667. The Morgan fingerprint density at radius 1 is 1.47 bits per heavy atom. The van der Waals surface area contributed by atoms with Crippen LogP contribution in [-0.2, 0) is 19.6 Å². The minimum Gasteiger partial charge on any atom is -0.462 e. The fourth-order valence-electron chi connectivity index (χ4n) is 1.03. The van der Waals surface area contributed by atoms with Gasteiger partial charge in [-0.05, 0) is 19.9 Å². The van der Waals surface area contributed by atoms with Gasteiger partial charge in [0.05, 0.1) is 11.9 Å². The van der Waals surface area contributed by atoms with Gasteiger partial charge in [-0.3, -0.25) is 4.55 Å². The molecule has 5 N–H and O–H groups in total. The van der Waals surface area contributed by atoms with E-state index in [4.69, 9.17) is 15.0 Å². The Morgan fingerprint density at radius 3 is 2.35 bits per heavy atom. The number of carbonyl (C=O) groups is 1. The first kappa shape index (κ1) is 18.4. The summed E-state index contributed by atoms with van der Waals surface area (Å²) in [6.07, 6.45) is 0.151. The average molecular weight is 269 g/mol. The van der Waals surface area contributed by atoms with E-state index >= 15 is 0 Å². The lowest BCUT2D eigenvalue weighted by molar-refractivity contribution is -0.139. The van der Waals surface area contributed by atoms with Crippen molar-refractivity contribution in [1.29, 1.82) is 0 Å². The molecular formula is C9H19NO6S. The predicted molar refractivity (Wildman–Crippen MR) is 63.0 cm³/mol. The van der Waals surface area contributed by atoms with Gasteiger partial charge in [0, 0.05) is 12.0 Å². The molecule has 0 aliphatic carbocycles. The lowest BCUT2D eigenvalue weighted by Gasteiger charge is -2.12. The topological polar surface area (TPSA) is 138 Å². The van der Waals surface area contributed by atoms with Gasteiger partial charge in [0.25, 0.3) is 10.1 Å². The molecule has 0 fully saturated rings. The summed E-state index contributed by atoms with van der Waals surface area (Å²) in [7, 11) is -4.14. The minimum absolute atomic E-state index is 0. The maximum Gasteiger partial charge on any atom is 0.333 e. The number of hydrogen-bond acceptors (Lipinski definition) is 5. The van der Waals surface area contributed by atoms with Gasteiger partial charge < -0.3 is 15.9 Å². The number of esters is 1. The molecule has 0 spiro atoms. The van der Waals surface area contributed by atoms with Crippen LogP contribution in [0.25, 0.3) is 0 Å². The highest BCUT2D eigenvalue weighted by molar-refractivity contribution is 7.86. The van der Waals surface area contributed by atoms with Crippen molar-refractivity contribution in [3.8, 4) is 0 Å². The number of carbonyl (C=O) groups excluding carboxylic acids is 1. The predicted octanol–water partition coefficient (Wildman–Crippen LogP) is -0.724. The van der Waals surface area contributed by atoms with Crippen molar-refractivity contribution >= 4 is 16.1 Å². The first-order chi connectivity index (χ1) is 7.29. The maximum absolute atomic E-state index is 11.0. The van der Waals surface area contributed by atoms with Gasteiger partial charge >= 0.3 is 5.97 Å². The van der Waals surface area contributed by atoms with Crippen LogP contribution in [0.4, 0.5) is 0 Å². The zero-order valence-corrected chi connectivity index (χ0v) is 10.5. The molecule has 1 unspecified atom stereocenters. The summed E-state index contributed by atoms with van der Waals surface area (Å²) in [6.45, 7) is 4.91. The molecule has 0 aromatic carbocycles. The molecule has 0 saturated heterocycles. The van der Waals surface area contributed by atoms with Crippen LogP contribution in [0.5, 0.6) is 0 Å². The Kier molecular flexibility index (Phi) is 8.85. The largest absolute Gasteiger partial charge is 0.462 e. The van der Waals surface area contributed by atoms with E-state index in [9.17, 15) is 13.2 Å². The Balaban J connectivity index is 0. The molecule has 0 bridgehead atoms. The van der Waals surface area contributed by atoms with Crippen molar-refractivity contribution < 1.29 is 28.0 Å². The zero-order chi connectivity index (χ0) is 12.8. The highest BCUT2D eigenvalue weighted by Crippen LogP contribution is 2.09. The van der Waals surface area contributed by atoms with Crippen molar-refractivity contribution in [1.82, 2.24) is 0 Å². The molecule has 7 nitrogen and oxygen atoms in total. The van der Waals surface area contributed by atoms with Crippen LogP contribution in [0.15, 0.2) is 12.2 Å². The molecular weight excluding hydrogens is 250 g/mol. The lowest BCUT2D eigenvalue weighted by Crippen LogP contribution is -2.26. The Hall–Kier alpha value is -0.960. The van der Waals surface area contributed by atoms with Crippen molar-refractivity contribution in [2.75, 3.05) is 13.2 Å². The van der Waals surface area contributed by atoms with E-state index in [0.29, 0.717) is 0 Å². The molecule has 0 aromatic heterocycles. The second-order valence-electron chi connectivity index (χ2n) is 3.42. The quantitative estimate of drug-likeness (QED) is 0.355. The summed E-state index contributed by atoms with van der Waals surface area (Å²) in [6, 6.07) is 0.